The van der Waals surface area contributed by atoms with Gasteiger partial charge in [0.25, 0.3) is 0 Å². The summed E-state index contributed by atoms with van der Waals surface area (Å²) < 4.78 is 11.5. The number of carbonyl (C=O) groups excluding carboxylic acids is 1. The summed E-state index contributed by atoms with van der Waals surface area (Å²) in [5, 5.41) is 3.10. The second-order valence-electron chi connectivity index (χ2n) is 7.06. The number of aryl methyl sites for hydroxylation is 1. The van der Waals surface area contributed by atoms with Gasteiger partial charge >= 0.3 is 6.09 Å². The summed E-state index contributed by atoms with van der Waals surface area (Å²) in [5.41, 5.74) is 0.339. The van der Waals surface area contributed by atoms with Gasteiger partial charge in [-0.25, -0.2) is 9.78 Å². The van der Waals surface area contributed by atoms with Crippen LogP contribution in [0.5, 0.6) is 0 Å². The number of amides is 1. The molecule has 1 aromatic heterocycles. The van der Waals surface area contributed by atoms with Crippen LogP contribution < -0.4 is 0 Å². The third-order valence-corrected chi connectivity index (χ3v) is 4.53. The Kier molecular flexibility index (Phi) is 5.12. The summed E-state index contributed by atoms with van der Waals surface area (Å²) >= 11 is 1.64. The van der Waals surface area contributed by atoms with E-state index in [1.54, 1.807) is 16.2 Å². The van der Waals surface area contributed by atoms with Crippen molar-refractivity contribution in [2.75, 3.05) is 13.1 Å². The zero-order valence-electron chi connectivity index (χ0n) is 14.1. The van der Waals surface area contributed by atoms with Crippen molar-refractivity contribution in [1.29, 1.82) is 0 Å². The number of ether oxygens (including phenoxy) is 2. The summed E-state index contributed by atoms with van der Waals surface area (Å²) in [4.78, 5) is 18.2. The molecule has 0 atom stereocenters. The lowest BCUT2D eigenvalue weighted by Gasteiger charge is -2.39. The van der Waals surface area contributed by atoms with Gasteiger partial charge in [0.05, 0.1) is 22.9 Å². The molecular formula is C16H26N2O3S. The van der Waals surface area contributed by atoms with Gasteiger partial charge < -0.3 is 14.4 Å². The van der Waals surface area contributed by atoms with E-state index >= 15 is 0 Å². The zero-order chi connectivity index (χ0) is 16.4. The van der Waals surface area contributed by atoms with Crippen LogP contribution in [0, 0.1) is 6.92 Å². The van der Waals surface area contributed by atoms with Crippen molar-refractivity contribution in [2.45, 2.75) is 65.3 Å². The fourth-order valence-corrected chi connectivity index (χ4v) is 2.95. The molecule has 124 valence electrons. The Bertz CT molecular complexity index is 514. The highest BCUT2D eigenvalue weighted by molar-refractivity contribution is 7.09. The van der Waals surface area contributed by atoms with E-state index in [4.69, 9.17) is 9.47 Å². The summed E-state index contributed by atoms with van der Waals surface area (Å²) in [7, 11) is 0. The second-order valence-corrected chi connectivity index (χ2v) is 8.13. The summed E-state index contributed by atoms with van der Waals surface area (Å²) in [6.45, 7) is 11.6. The fraction of sp³-hybridized carbons (Fsp3) is 0.750. The number of rotatable bonds is 3. The highest BCUT2D eigenvalue weighted by Gasteiger charge is 2.34. The van der Waals surface area contributed by atoms with E-state index in [1.165, 1.54) is 0 Å². The number of hydrogen-bond donors (Lipinski definition) is 0. The number of nitrogens with zero attached hydrogens (tertiary/aromatic N) is 2. The van der Waals surface area contributed by atoms with Gasteiger partial charge in [0.15, 0.2) is 0 Å². The predicted octanol–water partition coefficient (Wildman–Crippen LogP) is 3.76. The van der Waals surface area contributed by atoms with Crippen LogP contribution in [0.4, 0.5) is 4.79 Å². The lowest BCUT2D eigenvalue weighted by atomic mass is 9.93. The van der Waals surface area contributed by atoms with Crippen LogP contribution in [0.25, 0.3) is 0 Å². The monoisotopic (exact) mass is 326 g/mol. The van der Waals surface area contributed by atoms with Crippen LogP contribution in [0.2, 0.25) is 0 Å². The third-order valence-electron chi connectivity index (χ3n) is 3.71. The molecule has 0 bridgehead atoms. The van der Waals surface area contributed by atoms with Crippen molar-refractivity contribution in [2.24, 2.45) is 0 Å². The Labute approximate surface area is 136 Å². The van der Waals surface area contributed by atoms with Crippen LogP contribution >= 0.6 is 11.3 Å². The first-order valence-corrected chi connectivity index (χ1v) is 8.58. The summed E-state index contributed by atoms with van der Waals surface area (Å²) in [6, 6.07) is 0. The Morgan fingerprint density at radius 3 is 2.55 bits per heavy atom. The molecule has 22 heavy (non-hydrogen) atoms. The Morgan fingerprint density at radius 1 is 1.41 bits per heavy atom. The molecule has 0 aliphatic carbocycles. The fourth-order valence-electron chi connectivity index (χ4n) is 2.36. The average molecular weight is 326 g/mol. The van der Waals surface area contributed by atoms with Crippen LogP contribution in [-0.4, -0.2) is 40.3 Å². The van der Waals surface area contributed by atoms with Gasteiger partial charge in [-0.15, -0.1) is 11.3 Å². The third kappa shape index (κ3) is 4.95. The molecule has 1 fully saturated rings. The molecule has 0 radical (unpaired) electrons. The van der Waals surface area contributed by atoms with E-state index in [9.17, 15) is 4.79 Å². The molecule has 1 amide bonds. The summed E-state index contributed by atoms with van der Waals surface area (Å²) in [5.74, 6) is 0. The molecule has 2 rings (SSSR count). The molecule has 2 heterocycles. The van der Waals surface area contributed by atoms with Crippen LogP contribution in [0.15, 0.2) is 5.38 Å². The van der Waals surface area contributed by atoms with Gasteiger partial charge in [-0.1, -0.05) is 0 Å². The van der Waals surface area contributed by atoms with Crippen LogP contribution in [0.3, 0.4) is 0 Å². The molecule has 1 aliphatic rings. The molecule has 0 saturated carbocycles. The van der Waals surface area contributed by atoms with Crippen LogP contribution in [-0.2, 0) is 16.1 Å². The molecule has 0 N–H and O–H groups in total. The molecule has 1 aromatic rings. The van der Waals surface area contributed by atoms with Crippen molar-refractivity contribution >= 4 is 17.4 Å². The van der Waals surface area contributed by atoms with E-state index in [0.717, 1.165) is 23.5 Å². The predicted molar refractivity (Wildman–Crippen MR) is 87.1 cm³/mol. The maximum absolute atomic E-state index is 12.1. The van der Waals surface area contributed by atoms with E-state index in [1.807, 2.05) is 33.1 Å². The zero-order valence-corrected chi connectivity index (χ0v) is 15.0. The van der Waals surface area contributed by atoms with Gasteiger partial charge in [0, 0.05) is 18.5 Å². The molecule has 0 spiro atoms. The quantitative estimate of drug-likeness (QED) is 0.848. The van der Waals surface area contributed by atoms with Crippen molar-refractivity contribution in [3.05, 3.63) is 16.1 Å². The summed E-state index contributed by atoms with van der Waals surface area (Å²) in [6.07, 6.45) is 1.40. The van der Waals surface area contributed by atoms with E-state index in [2.05, 4.69) is 11.9 Å². The Balaban J connectivity index is 1.81. The van der Waals surface area contributed by atoms with Gasteiger partial charge in [0.2, 0.25) is 0 Å². The number of piperidine rings is 1. The maximum Gasteiger partial charge on any atom is 0.410 e. The van der Waals surface area contributed by atoms with Crippen LogP contribution in [0.1, 0.15) is 51.2 Å². The van der Waals surface area contributed by atoms with Crippen molar-refractivity contribution in [1.82, 2.24) is 9.88 Å². The topological polar surface area (TPSA) is 51.7 Å². The largest absolute Gasteiger partial charge is 0.444 e. The molecule has 0 unspecified atom stereocenters. The highest BCUT2D eigenvalue weighted by Crippen LogP contribution is 2.28. The molecule has 6 heteroatoms. The lowest BCUT2D eigenvalue weighted by Crippen LogP contribution is -2.47. The minimum Gasteiger partial charge on any atom is -0.444 e. The molecule has 1 aliphatic heterocycles. The Hall–Kier alpha value is -1.14. The number of aromatic nitrogens is 1. The maximum atomic E-state index is 12.1. The smallest absolute Gasteiger partial charge is 0.410 e. The van der Waals surface area contributed by atoms with E-state index in [0.29, 0.717) is 19.7 Å². The van der Waals surface area contributed by atoms with Crippen molar-refractivity contribution < 1.29 is 14.3 Å². The van der Waals surface area contributed by atoms with E-state index in [-0.39, 0.29) is 11.7 Å². The van der Waals surface area contributed by atoms with Gasteiger partial charge in [-0.2, -0.15) is 0 Å². The minimum absolute atomic E-state index is 0.198. The first-order chi connectivity index (χ1) is 10.2. The van der Waals surface area contributed by atoms with Gasteiger partial charge in [0.1, 0.15) is 5.60 Å². The average Bonchev–Trinajstić information content (AvgIpc) is 2.81. The molecule has 0 aromatic carbocycles. The minimum atomic E-state index is -0.448. The highest BCUT2D eigenvalue weighted by atomic mass is 32.1. The number of likely N-dealkylation sites (tertiary alicyclic amines) is 1. The number of thiazole rings is 1. The van der Waals surface area contributed by atoms with Gasteiger partial charge in [-0.3, -0.25) is 0 Å². The van der Waals surface area contributed by atoms with Crippen molar-refractivity contribution in [3.63, 3.8) is 0 Å². The number of carbonyl (C=O) groups is 1. The molecule has 1 saturated heterocycles. The molecule has 5 nitrogen and oxygen atoms in total. The standard InChI is InChI=1S/C16H26N2O3S/c1-12-17-13(11-22-12)10-20-16(5)6-8-18(9-7-16)14(19)21-15(2,3)4/h11H,6-10H2,1-5H3. The second kappa shape index (κ2) is 6.54. The van der Waals surface area contributed by atoms with E-state index < -0.39 is 5.60 Å². The normalized spacial score (nSPS) is 18.3. The molecular weight excluding hydrogens is 300 g/mol. The number of hydrogen-bond acceptors (Lipinski definition) is 5. The Morgan fingerprint density at radius 2 is 2.05 bits per heavy atom. The first-order valence-electron chi connectivity index (χ1n) is 7.70. The first kappa shape index (κ1) is 17.2. The van der Waals surface area contributed by atoms with Gasteiger partial charge in [-0.05, 0) is 47.5 Å². The van der Waals surface area contributed by atoms with Crippen molar-refractivity contribution in [3.8, 4) is 0 Å². The SMILES string of the molecule is Cc1nc(COC2(C)CCN(C(=O)OC(C)(C)C)CC2)cs1. The lowest BCUT2D eigenvalue weighted by molar-refractivity contribution is -0.0820.